The second-order valence-electron chi connectivity index (χ2n) is 9.27. The van der Waals surface area contributed by atoms with Crippen LogP contribution in [0.3, 0.4) is 0 Å². The van der Waals surface area contributed by atoms with Gasteiger partial charge in [0.2, 0.25) is 0 Å². The van der Waals surface area contributed by atoms with E-state index >= 15 is 0 Å². The first-order chi connectivity index (χ1) is 19.6. The Labute approximate surface area is 261 Å². The fraction of sp³-hybridized carbons (Fsp3) is 0.167. The Hall–Kier alpha value is -2.22. The predicted molar refractivity (Wildman–Crippen MR) is 178 cm³/mol. The number of benzene rings is 4. The number of hydrogen-bond donors (Lipinski definition) is 0. The first-order valence-electron chi connectivity index (χ1n) is 13.6. The molecule has 0 unspecified atom stereocenters. The summed E-state index contributed by atoms with van der Waals surface area (Å²) in [7, 11) is 11.0. The van der Waals surface area contributed by atoms with E-state index in [0.717, 1.165) is 22.4 Å². The van der Waals surface area contributed by atoms with Gasteiger partial charge in [-0.2, -0.15) is 0 Å². The summed E-state index contributed by atoms with van der Waals surface area (Å²) < 4.78 is 0. The number of rotatable bonds is 4. The van der Waals surface area contributed by atoms with E-state index in [1.165, 1.54) is 54.9 Å². The van der Waals surface area contributed by atoms with Gasteiger partial charge in [0, 0.05) is 9.52 Å². The maximum atomic E-state index is 4.93. The Kier molecular flexibility index (Phi) is 14.2. The molecule has 0 aliphatic heterocycles. The van der Waals surface area contributed by atoms with Gasteiger partial charge in [0.25, 0.3) is 0 Å². The fourth-order valence-electron chi connectivity index (χ4n) is 5.02. The molecule has 6 aromatic carbocycles. The summed E-state index contributed by atoms with van der Waals surface area (Å²) in [5, 5.41) is 5.44. The van der Waals surface area contributed by atoms with Crippen LogP contribution in [0.5, 0.6) is 0 Å². The van der Waals surface area contributed by atoms with Crippen LogP contribution in [0.4, 0.5) is 0 Å². The minimum absolute atomic E-state index is 0.826. The van der Waals surface area contributed by atoms with Gasteiger partial charge in [0.1, 0.15) is 0 Å². The van der Waals surface area contributed by atoms with Gasteiger partial charge in [-0.15, -0.1) is 70.8 Å². The summed E-state index contributed by atoms with van der Waals surface area (Å²) in [6.07, 6.45) is 2.16. The Morgan fingerprint density at radius 1 is 0.550 bits per heavy atom. The van der Waals surface area contributed by atoms with E-state index in [-0.39, 0.29) is 0 Å². The fourth-order valence-corrected chi connectivity index (χ4v) is 5.02. The third-order valence-electron chi connectivity index (χ3n) is 6.65. The number of aryl methyl sites for hydroxylation is 2. The molecule has 202 valence electrons. The molecule has 0 N–H and O–H groups in total. The van der Waals surface area contributed by atoms with Crippen LogP contribution >= 0.6 is 17.0 Å². The minimum atomic E-state index is -0.826. The Balaban J connectivity index is 0.000000185. The molecule has 0 aromatic heterocycles. The molecule has 0 spiro atoms. The van der Waals surface area contributed by atoms with Gasteiger partial charge in [-0.25, -0.2) is 0 Å². The van der Waals surface area contributed by atoms with E-state index in [4.69, 9.17) is 17.0 Å². The molecule has 0 saturated heterocycles. The van der Waals surface area contributed by atoms with Crippen LogP contribution in [-0.4, -0.2) is 9.52 Å². The molecular weight excluding hydrogens is 623 g/mol. The van der Waals surface area contributed by atoms with Crippen LogP contribution in [0.25, 0.3) is 43.8 Å². The van der Waals surface area contributed by atoms with Crippen molar-refractivity contribution in [2.24, 2.45) is 0 Å². The molecule has 4 heteroatoms. The van der Waals surface area contributed by atoms with Crippen LogP contribution in [-0.2, 0) is 33.7 Å². The zero-order chi connectivity index (χ0) is 28.7. The maximum absolute atomic E-state index is 4.93. The third kappa shape index (κ3) is 8.40. The normalized spacial score (nSPS) is 9.95. The Morgan fingerprint density at radius 2 is 0.850 bits per heavy atom. The summed E-state index contributed by atoms with van der Waals surface area (Å²) in [6.45, 7) is 8.75. The number of hydrogen-bond acceptors (Lipinski definition) is 0. The third-order valence-corrected chi connectivity index (χ3v) is 6.65. The molecule has 40 heavy (non-hydrogen) atoms. The van der Waals surface area contributed by atoms with Crippen molar-refractivity contribution >= 4 is 48.1 Å². The van der Waals surface area contributed by atoms with Crippen LogP contribution in [0.1, 0.15) is 25.0 Å². The van der Waals surface area contributed by atoms with Crippen molar-refractivity contribution in [3.05, 3.63) is 132 Å². The van der Waals surface area contributed by atoms with Crippen LogP contribution in [0.15, 0.2) is 121 Å². The van der Waals surface area contributed by atoms with Gasteiger partial charge in [-0.05, 0) is 12.8 Å². The average molecular weight is 659 g/mol. The van der Waals surface area contributed by atoms with E-state index in [1.807, 2.05) is 0 Å². The van der Waals surface area contributed by atoms with Gasteiger partial charge in [0.05, 0.1) is 0 Å². The van der Waals surface area contributed by atoms with E-state index in [1.54, 1.807) is 0 Å². The summed E-state index contributed by atoms with van der Waals surface area (Å²) in [6, 6.07) is 43.3. The van der Waals surface area contributed by atoms with Gasteiger partial charge < -0.3 is 0 Å². The van der Waals surface area contributed by atoms with Gasteiger partial charge in [0.15, 0.2) is 0 Å². The molecule has 0 aliphatic carbocycles. The topological polar surface area (TPSA) is 0 Å². The summed E-state index contributed by atoms with van der Waals surface area (Å²) in [4.78, 5) is 0. The summed E-state index contributed by atoms with van der Waals surface area (Å²) in [5.74, 6) is 0. The monoisotopic (exact) mass is 656 g/mol. The van der Waals surface area contributed by atoms with E-state index in [2.05, 4.69) is 148 Å². The zero-order valence-electron chi connectivity index (χ0n) is 23.7. The van der Waals surface area contributed by atoms with Crippen LogP contribution in [0, 0.1) is 0 Å². The SMILES string of the molecule is CCc1cc2ccccc2[c-]1-c1ccccc1.CCc1cc2ccccc2[c-]1-c1ccccc1.C[Si]C.[Cl][Zr+2][Cl]. The van der Waals surface area contributed by atoms with E-state index < -0.39 is 20.8 Å². The molecular formula is C36H36Cl2SiZr. The second kappa shape index (κ2) is 17.6. The van der Waals surface area contributed by atoms with Gasteiger partial charge in [-0.1, -0.05) is 132 Å². The molecule has 0 aliphatic rings. The molecule has 2 radical (unpaired) electrons. The van der Waals surface area contributed by atoms with Crippen LogP contribution in [0.2, 0.25) is 13.1 Å². The molecule has 6 aromatic rings. The molecule has 6 rings (SSSR count). The van der Waals surface area contributed by atoms with Crippen molar-refractivity contribution < 1.29 is 20.8 Å². The van der Waals surface area contributed by atoms with Crippen molar-refractivity contribution in [2.45, 2.75) is 39.8 Å². The van der Waals surface area contributed by atoms with E-state index in [0.29, 0.717) is 0 Å². The van der Waals surface area contributed by atoms with Gasteiger partial charge in [-0.3, -0.25) is 0 Å². The summed E-state index contributed by atoms with van der Waals surface area (Å²) in [5.41, 5.74) is 8.35. The van der Waals surface area contributed by atoms with Crippen LogP contribution < -0.4 is 0 Å². The molecule has 0 atom stereocenters. The van der Waals surface area contributed by atoms with E-state index in [9.17, 15) is 0 Å². The predicted octanol–water partition coefficient (Wildman–Crippen LogP) is 11.7. The Bertz CT molecular complexity index is 1430. The molecule has 0 bridgehead atoms. The quantitative estimate of drug-likeness (QED) is 0.131. The van der Waals surface area contributed by atoms with Crippen molar-refractivity contribution in [3.8, 4) is 22.3 Å². The van der Waals surface area contributed by atoms with Crippen molar-refractivity contribution in [2.75, 3.05) is 0 Å². The summed E-state index contributed by atoms with van der Waals surface area (Å²) >= 11 is -0.826. The molecule has 0 nitrogen and oxygen atoms in total. The first-order valence-corrected chi connectivity index (χ1v) is 22.0. The second-order valence-corrected chi connectivity index (χ2v) is 14.0. The number of fused-ring (bicyclic) bond motifs is 2. The van der Waals surface area contributed by atoms with Crippen molar-refractivity contribution in [1.82, 2.24) is 0 Å². The van der Waals surface area contributed by atoms with Crippen molar-refractivity contribution in [3.63, 3.8) is 0 Å². The molecule has 0 fully saturated rings. The Morgan fingerprint density at radius 3 is 1.18 bits per heavy atom. The number of halogens is 2. The zero-order valence-corrected chi connectivity index (χ0v) is 28.7. The first kappa shape index (κ1) is 32.3. The average Bonchev–Trinajstić information content (AvgIpc) is 3.57. The van der Waals surface area contributed by atoms with Crippen molar-refractivity contribution in [1.29, 1.82) is 0 Å². The molecule has 0 heterocycles. The molecule has 0 amide bonds. The van der Waals surface area contributed by atoms with Gasteiger partial charge >= 0.3 is 37.9 Å². The molecule has 0 saturated carbocycles. The standard InChI is InChI=1S/2C17H15.C2H6Si.2ClH.Zr/c2*1-2-13-12-15-10-6-7-11-16(15)17(13)14-8-4-3-5-9-14;1-3-2;;;/h2*3-12H,2H2,1H3;1-2H3;2*1H;/q2*-1;;;;+4/p-2.